The predicted molar refractivity (Wildman–Crippen MR) is 131 cm³/mol. The van der Waals surface area contributed by atoms with Gasteiger partial charge in [0.1, 0.15) is 16.3 Å². The largest absolute Gasteiger partial charge is 0.478 e. The van der Waals surface area contributed by atoms with Crippen LogP contribution in [0.4, 0.5) is 9.18 Å². The molecule has 36 heavy (non-hydrogen) atoms. The highest BCUT2D eigenvalue weighted by molar-refractivity contribution is 7.90. The molecule has 1 N–H and O–H groups in total. The van der Waals surface area contributed by atoms with E-state index in [4.69, 9.17) is 9.84 Å². The molecule has 2 aromatic heterocycles. The summed E-state index contributed by atoms with van der Waals surface area (Å²) in [6.45, 7) is 5.18. The van der Waals surface area contributed by atoms with Crippen molar-refractivity contribution < 1.29 is 32.2 Å². The summed E-state index contributed by atoms with van der Waals surface area (Å²) in [6, 6.07) is 8.47. The minimum absolute atomic E-state index is 0.00146. The maximum atomic E-state index is 14.7. The van der Waals surface area contributed by atoms with E-state index in [2.05, 4.69) is 4.98 Å². The molecule has 190 valence electrons. The molecule has 3 aromatic rings. The number of amides is 1. The van der Waals surface area contributed by atoms with Gasteiger partial charge in [-0.3, -0.25) is 4.98 Å². The van der Waals surface area contributed by atoms with Gasteiger partial charge in [-0.15, -0.1) is 0 Å². The van der Waals surface area contributed by atoms with Gasteiger partial charge in [0.15, 0.2) is 0 Å². The number of hydrogen-bond acceptors (Lipinski definition) is 6. The lowest BCUT2D eigenvalue weighted by atomic mass is 10.1. The monoisotopic (exact) mass is 515 g/mol. The number of nitrogens with zero attached hydrogens (tertiary/aromatic N) is 3. The van der Waals surface area contributed by atoms with Crippen molar-refractivity contribution in [2.45, 2.75) is 37.8 Å². The molecule has 0 fully saturated rings. The van der Waals surface area contributed by atoms with Crippen molar-refractivity contribution in [1.29, 1.82) is 0 Å². The molecule has 9 nitrogen and oxygen atoms in total. The number of carboxylic acids is 1. The van der Waals surface area contributed by atoms with Gasteiger partial charge in [-0.25, -0.2) is 26.4 Å². The number of carbonyl (C=O) groups excluding carboxylic acids is 1. The van der Waals surface area contributed by atoms with Gasteiger partial charge in [0.2, 0.25) is 0 Å². The Bertz CT molecular complexity index is 1420. The number of aromatic nitrogens is 2. The normalized spacial score (nSPS) is 12.0. The number of halogens is 1. The molecular formula is C25H26FN3O6S. The zero-order chi connectivity index (χ0) is 26.7. The molecule has 1 amide bonds. The van der Waals surface area contributed by atoms with Gasteiger partial charge in [0.05, 0.1) is 12.2 Å². The van der Waals surface area contributed by atoms with Gasteiger partial charge in [0.25, 0.3) is 10.0 Å². The van der Waals surface area contributed by atoms with E-state index in [0.717, 1.165) is 16.2 Å². The number of ether oxygens (including phenoxy) is 1. The Balaban J connectivity index is 2.08. The third-order valence-corrected chi connectivity index (χ3v) is 6.47. The Kier molecular flexibility index (Phi) is 7.63. The molecule has 0 bridgehead atoms. The average Bonchev–Trinajstić information content (AvgIpc) is 3.21. The predicted octanol–water partition coefficient (Wildman–Crippen LogP) is 4.39. The zero-order valence-corrected chi connectivity index (χ0v) is 21.0. The standard InChI is InChI=1S/C25H26FN3O6S/c1-25(2,3)35-24(32)28(4)15-18-12-22(20-7-5-6-8-21(20)26)29(16-18)36(33,34)19-11-17(13-27-14-19)9-10-23(30)31/h5-14,16H,15H2,1-4H3,(H,30,31). The Morgan fingerprint density at radius 2 is 1.89 bits per heavy atom. The molecule has 0 saturated heterocycles. The summed E-state index contributed by atoms with van der Waals surface area (Å²) in [5.74, 6) is -1.83. The summed E-state index contributed by atoms with van der Waals surface area (Å²) in [6.07, 6.45) is 5.20. The van der Waals surface area contributed by atoms with Crippen molar-refractivity contribution in [2.24, 2.45) is 0 Å². The molecule has 0 radical (unpaired) electrons. The molecule has 2 heterocycles. The second-order valence-electron chi connectivity index (χ2n) is 8.98. The highest BCUT2D eigenvalue weighted by atomic mass is 32.2. The van der Waals surface area contributed by atoms with Crippen LogP contribution in [-0.4, -0.2) is 52.1 Å². The van der Waals surface area contributed by atoms with Crippen LogP contribution in [0.5, 0.6) is 0 Å². The molecule has 0 saturated carbocycles. The molecule has 0 atom stereocenters. The number of benzene rings is 1. The van der Waals surface area contributed by atoms with Crippen molar-refractivity contribution in [1.82, 2.24) is 13.9 Å². The summed E-state index contributed by atoms with van der Waals surface area (Å²) in [5, 5.41) is 8.84. The minimum Gasteiger partial charge on any atom is -0.478 e. The molecule has 0 spiro atoms. The van der Waals surface area contributed by atoms with Gasteiger partial charge in [0, 0.05) is 37.3 Å². The fourth-order valence-corrected chi connectivity index (χ4v) is 4.66. The van der Waals surface area contributed by atoms with Crippen LogP contribution in [0.1, 0.15) is 31.9 Å². The number of hydrogen-bond donors (Lipinski definition) is 1. The first kappa shape index (κ1) is 26.6. The fraction of sp³-hybridized carbons (Fsp3) is 0.240. The zero-order valence-electron chi connectivity index (χ0n) is 20.2. The molecule has 11 heteroatoms. The number of rotatable bonds is 7. The van der Waals surface area contributed by atoms with Crippen LogP contribution in [0.15, 0.2) is 66.0 Å². The Labute approximate surface area is 208 Å². The van der Waals surface area contributed by atoms with Crippen molar-refractivity contribution in [3.8, 4) is 11.3 Å². The second kappa shape index (κ2) is 10.3. The van der Waals surface area contributed by atoms with Gasteiger partial charge in [-0.05, 0) is 62.2 Å². The first-order chi connectivity index (χ1) is 16.8. The van der Waals surface area contributed by atoms with Crippen LogP contribution in [0.3, 0.4) is 0 Å². The molecular weight excluding hydrogens is 489 g/mol. The molecule has 0 unspecified atom stereocenters. The molecule has 0 aliphatic carbocycles. The van der Waals surface area contributed by atoms with E-state index in [1.54, 1.807) is 26.8 Å². The minimum atomic E-state index is -4.29. The summed E-state index contributed by atoms with van der Waals surface area (Å²) in [7, 11) is -2.78. The van der Waals surface area contributed by atoms with Crippen molar-refractivity contribution in [3.05, 3.63) is 78.0 Å². The van der Waals surface area contributed by atoms with E-state index in [1.165, 1.54) is 60.7 Å². The van der Waals surface area contributed by atoms with Crippen LogP contribution in [0.2, 0.25) is 0 Å². The average molecular weight is 516 g/mol. The number of carbonyl (C=O) groups is 2. The molecule has 0 aliphatic heterocycles. The Hall–Kier alpha value is -3.99. The lowest BCUT2D eigenvalue weighted by molar-refractivity contribution is -0.131. The van der Waals surface area contributed by atoms with Crippen LogP contribution >= 0.6 is 0 Å². The third kappa shape index (κ3) is 6.36. The van der Waals surface area contributed by atoms with Gasteiger partial charge >= 0.3 is 12.1 Å². The summed E-state index contributed by atoms with van der Waals surface area (Å²) in [5.41, 5.74) is 0.0452. The molecule has 0 aliphatic rings. The highest BCUT2D eigenvalue weighted by Crippen LogP contribution is 2.30. The van der Waals surface area contributed by atoms with E-state index in [1.807, 2.05) is 0 Å². The third-order valence-electron chi connectivity index (χ3n) is 4.83. The number of aliphatic carboxylic acids is 1. The van der Waals surface area contributed by atoms with Crippen LogP contribution in [0, 0.1) is 5.82 Å². The summed E-state index contributed by atoms with van der Waals surface area (Å²) < 4.78 is 48.2. The van der Waals surface area contributed by atoms with E-state index in [-0.39, 0.29) is 28.3 Å². The summed E-state index contributed by atoms with van der Waals surface area (Å²) >= 11 is 0. The van der Waals surface area contributed by atoms with Crippen LogP contribution < -0.4 is 0 Å². The summed E-state index contributed by atoms with van der Waals surface area (Å²) in [4.78, 5) is 28.2. The lowest BCUT2D eigenvalue weighted by Crippen LogP contribution is -2.33. The second-order valence-corrected chi connectivity index (χ2v) is 10.8. The fourth-order valence-electron chi connectivity index (χ4n) is 3.27. The van der Waals surface area contributed by atoms with E-state index >= 15 is 0 Å². The topological polar surface area (TPSA) is 119 Å². The van der Waals surface area contributed by atoms with Gasteiger partial charge in [-0.1, -0.05) is 12.1 Å². The van der Waals surface area contributed by atoms with Crippen molar-refractivity contribution in [3.63, 3.8) is 0 Å². The first-order valence-corrected chi connectivity index (χ1v) is 12.2. The first-order valence-electron chi connectivity index (χ1n) is 10.8. The quantitative estimate of drug-likeness (QED) is 0.464. The van der Waals surface area contributed by atoms with E-state index in [9.17, 15) is 22.4 Å². The maximum absolute atomic E-state index is 14.7. The van der Waals surface area contributed by atoms with E-state index in [0.29, 0.717) is 5.56 Å². The van der Waals surface area contributed by atoms with Crippen molar-refractivity contribution in [2.75, 3.05) is 7.05 Å². The smallest absolute Gasteiger partial charge is 0.410 e. The van der Waals surface area contributed by atoms with Crippen molar-refractivity contribution >= 4 is 28.2 Å². The Morgan fingerprint density at radius 3 is 2.53 bits per heavy atom. The maximum Gasteiger partial charge on any atom is 0.410 e. The van der Waals surface area contributed by atoms with Gasteiger partial charge in [-0.2, -0.15) is 0 Å². The van der Waals surface area contributed by atoms with E-state index < -0.39 is 33.5 Å². The lowest BCUT2D eigenvalue weighted by Gasteiger charge is -2.24. The van der Waals surface area contributed by atoms with Gasteiger partial charge < -0.3 is 14.7 Å². The number of carboxylic acid groups (broad SMARTS) is 1. The molecule has 3 rings (SSSR count). The van der Waals surface area contributed by atoms with Crippen LogP contribution in [-0.2, 0) is 26.1 Å². The highest BCUT2D eigenvalue weighted by Gasteiger charge is 2.25. The Morgan fingerprint density at radius 1 is 1.19 bits per heavy atom. The van der Waals surface area contributed by atoms with Crippen LogP contribution in [0.25, 0.3) is 17.3 Å². The molecule has 1 aromatic carbocycles. The number of pyridine rings is 1. The SMILES string of the molecule is CN(Cc1cc(-c2ccccc2F)n(S(=O)(=O)c2cncc(C=CC(=O)O)c2)c1)C(=O)OC(C)(C)C.